The summed E-state index contributed by atoms with van der Waals surface area (Å²) in [4.78, 5) is 27.4. The lowest BCUT2D eigenvalue weighted by Crippen LogP contribution is -2.24. The zero-order valence-electron chi connectivity index (χ0n) is 9.59. The largest absolute Gasteiger partial charge is 0.477 e. The smallest absolute Gasteiger partial charge is 0.354 e. The fourth-order valence-corrected chi connectivity index (χ4v) is 2.78. The van der Waals surface area contributed by atoms with Crippen molar-refractivity contribution in [1.29, 1.82) is 0 Å². The minimum absolute atomic E-state index is 0.0931. The van der Waals surface area contributed by atoms with Gasteiger partial charge in [-0.2, -0.15) is 0 Å². The molecular formula is C12H9BrN2O3S. The van der Waals surface area contributed by atoms with Crippen LogP contribution in [0, 0.1) is 0 Å². The summed E-state index contributed by atoms with van der Waals surface area (Å²) in [5.41, 5.74) is -0.0537. The summed E-state index contributed by atoms with van der Waals surface area (Å²) < 4.78 is 0.966. The topological polar surface area (TPSA) is 79.3 Å². The number of carbonyl (C=O) groups excluding carboxylic acids is 1. The quantitative estimate of drug-likeness (QED) is 0.896. The van der Waals surface area contributed by atoms with Crippen LogP contribution in [-0.4, -0.2) is 22.0 Å². The van der Waals surface area contributed by atoms with Crippen LogP contribution in [0.3, 0.4) is 0 Å². The monoisotopic (exact) mass is 340 g/mol. The van der Waals surface area contributed by atoms with Gasteiger partial charge in [0.15, 0.2) is 0 Å². The number of rotatable bonds is 4. The number of halogens is 1. The van der Waals surface area contributed by atoms with Crippen LogP contribution < -0.4 is 5.32 Å². The Morgan fingerprint density at radius 2 is 2.11 bits per heavy atom. The first-order chi connectivity index (χ1) is 9.06. The van der Waals surface area contributed by atoms with Gasteiger partial charge in [-0.05, 0) is 34.1 Å². The van der Waals surface area contributed by atoms with Crippen LogP contribution in [0.25, 0.3) is 0 Å². The van der Waals surface area contributed by atoms with Crippen molar-refractivity contribution in [3.05, 3.63) is 50.4 Å². The lowest BCUT2D eigenvalue weighted by atomic mass is 10.3. The molecule has 1 amide bonds. The molecule has 0 saturated heterocycles. The maximum atomic E-state index is 11.8. The lowest BCUT2D eigenvalue weighted by Gasteiger charge is -2.03. The third-order valence-corrected chi connectivity index (χ3v) is 3.94. The molecule has 0 aliphatic heterocycles. The first-order valence-corrected chi connectivity index (χ1v) is 6.95. The Hall–Kier alpha value is -1.73. The van der Waals surface area contributed by atoms with Crippen LogP contribution in [0.4, 0.5) is 0 Å². The van der Waals surface area contributed by atoms with Crippen LogP contribution >= 0.6 is 27.3 Å². The summed E-state index contributed by atoms with van der Waals surface area (Å²) in [7, 11) is 0. The average molecular weight is 341 g/mol. The van der Waals surface area contributed by atoms with E-state index in [-0.39, 0.29) is 11.4 Å². The van der Waals surface area contributed by atoms with Gasteiger partial charge in [0.2, 0.25) is 0 Å². The van der Waals surface area contributed by atoms with E-state index in [1.165, 1.54) is 29.5 Å². The highest BCUT2D eigenvalue weighted by atomic mass is 79.9. The van der Waals surface area contributed by atoms with E-state index in [0.29, 0.717) is 6.54 Å². The van der Waals surface area contributed by atoms with Crippen LogP contribution in [0.15, 0.2) is 34.1 Å². The highest BCUT2D eigenvalue weighted by molar-refractivity contribution is 9.10. The van der Waals surface area contributed by atoms with Gasteiger partial charge in [-0.25, -0.2) is 9.78 Å². The number of carbonyl (C=O) groups is 2. The molecule has 0 bridgehead atoms. The van der Waals surface area contributed by atoms with E-state index in [0.717, 1.165) is 9.35 Å². The molecule has 0 fully saturated rings. The molecule has 2 N–H and O–H groups in total. The minimum atomic E-state index is -1.16. The fraction of sp³-hybridized carbons (Fsp3) is 0.0833. The third-order valence-electron chi connectivity index (χ3n) is 2.25. The van der Waals surface area contributed by atoms with Crippen molar-refractivity contribution >= 4 is 39.1 Å². The molecule has 2 aromatic rings. The lowest BCUT2D eigenvalue weighted by molar-refractivity contribution is 0.0690. The molecule has 19 heavy (non-hydrogen) atoms. The SMILES string of the molecule is O=C(O)c1cccc(C(=O)NCc2cc(Br)cs2)n1. The highest BCUT2D eigenvalue weighted by Crippen LogP contribution is 2.19. The van der Waals surface area contributed by atoms with E-state index in [1.807, 2.05) is 11.4 Å². The normalized spacial score (nSPS) is 10.2. The minimum Gasteiger partial charge on any atom is -0.477 e. The van der Waals surface area contributed by atoms with Gasteiger partial charge in [0.1, 0.15) is 11.4 Å². The number of nitrogens with one attached hydrogen (secondary N) is 1. The van der Waals surface area contributed by atoms with Gasteiger partial charge in [0, 0.05) is 14.7 Å². The van der Waals surface area contributed by atoms with Crippen molar-refractivity contribution in [2.45, 2.75) is 6.54 Å². The van der Waals surface area contributed by atoms with Crippen molar-refractivity contribution in [2.24, 2.45) is 0 Å². The van der Waals surface area contributed by atoms with Gasteiger partial charge < -0.3 is 10.4 Å². The third kappa shape index (κ3) is 3.62. The van der Waals surface area contributed by atoms with Gasteiger partial charge >= 0.3 is 5.97 Å². The van der Waals surface area contributed by atoms with Crippen LogP contribution in [-0.2, 0) is 6.54 Å². The van der Waals surface area contributed by atoms with E-state index in [2.05, 4.69) is 26.2 Å². The number of hydrogen-bond acceptors (Lipinski definition) is 4. The molecule has 0 radical (unpaired) electrons. The summed E-state index contributed by atoms with van der Waals surface area (Å²) in [6, 6.07) is 6.22. The molecule has 0 aliphatic carbocycles. The van der Waals surface area contributed by atoms with E-state index in [4.69, 9.17) is 5.11 Å². The molecule has 5 nitrogen and oxygen atoms in total. The van der Waals surface area contributed by atoms with Crippen LogP contribution in [0.2, 0.25) is 0 Å². The van der Waals surface area contributed by atoms with Gasteiger partial charge in [-0.15, -0.1) is 11.3 Å². The number of pyridine rings is 1. The Labute approximate surface area is 121 Å². The second-order valence-electron chi connectivity index (χ2n) is 3.63. The van der Waals surface area contributed by atoms with Crippen molar-refractivity contribution in [2.75, 3.05) is 0 Å². The van der Waals surface area contributed by atoms with Crippen LogP contribution in [0.1, 0.15) is 25.9 Å². The van der Waals surface area contributed by atoms with Crippen LogP contribution in [0.5, 0.6) is 0 Å². The first-order valence-electron chi connectivity index (χ1n) is 5.28. The van der Waals surface area contributed by atoms with E-state index < -0.39 is 11.9 Å². The van der Waals surface area contributed by atoms with E-state index in [1.54, 1.807) is 0 Å². The van der Waals surface area contributed by atoms with Crippen molar-refractivity contribution in [3.63, 3.8) is 0 Å². The van der Waals surface area contributed by atoms with Gasteiger partial charge in [-0.1, -0.05) is 6.07 Å². The molecule has 7 heteroatoms. The molecule has 98 valence electrons. The second kappa shape index (κ2) is 5.94. The molecule has 0 aliphatic rings. The summed E-state index contributed by atoms with van der Waals surface area (Å²) >= 11 is 4.85. The number of thiophene rings is 1. The summed E-state index contributed by atoms with van der Waals surface area (Å²) in [6.45, 7) is 0.383. The Morgan fingerprint density at radius 3 is 2.74 bits per heavy atom. The Morgan fingerprint density at radius 1 is 1.37 bits per heavy atom. The maximum Gasteiger partial charge on any atom is 0.354 e. The molecule has 0 atom stereocenters. The molecular weight excluding hydrogens is 332 g/mol. The van der Waals surface area contributed by atoms with E-state index >= 15 is 0 Å². The molecule has 2 rings (SSSR count). The molecule has 2 heterocycles. The van der Waals surface area contributed by atoms with Gasteiger partial charge in [-0.3, -0.25) is 4.79 Å². The number of hydrogen-bond donors (Lipinski definition) is 2. The number of carboxylic acids is 1. The summed E-state index contributed by atoms with van der Waals surface area (Å²) in [6.07, 6.45) is 0. The first kappa shape index (κ1) is 13.7. The fourth-order valence-electron chi connectivity index (χ4n) is 1.38. The number of amides is 1. The molecule has 0 spiro atoms. The Bertz CT molecular complexity index is 627. The zero-order chi connectivity index (χ0) is 13.8. The van der Waals surface area contributed by atoms with E-state index in [9.17, 15) is 9.59 Å². The number of aromatic nitrogens is 1. The average Bonchev–Trinajstić information content (AvgIpc) is 2.82. The molecule has 0 aromatic carbocycles. The van der Waals surface area contributed by atoms with Gasteiger partial charge in [0.05, 0.1) is 6.54 Å². The Balaban J connectivity index is 2.03. The van der Waals surface area contributed by atoms with Crippen molar-refractivity contribution < 1.29 is 14.7 Å². The molecule has 0 unspecified atom stereocenters. The predicted octanol–water partition coefficient (Wildman–Crippen LogP) is 2.53. The molecule has 0 saturated carbocycles. The second-order valence-corrected chi connectivity index (χ2v) is 5.54. The number of aromatic carboxylic acids is 1. The highest BCUT2D eigenvalue weighted by Gasteiger charge is 2.11. The number of nitrogens with zero attached hydrogens (tertiary/aromatic N) is 1. The van der Waals surface area contributed by atoms with Crippen molar-refractivity contribution in [1.82, 2.24) is 10.3 Å². The summed E-state index contributed by atoms with van der Waals surface area (Å²) in [5.74, 6) is -1.55. The van der Waals surface area contributed by atoms with Crippen molar-refractivity contribution in [3.8, 4) is 0 Å². The molecule has 2 aromatic heterocycles. The predicted molar refractivity (Wildman–Crippen MR) is 74.4 cm³/mol. The Kier molecular flexibility index (Phi) is 4.28. The van der Waals surface area contributed by atoms with Gasteiger partial charge in [0.25, 0.3) is 5.91 Å². The standard InChI is InChI=1S/C12H9BrN2O3S/c13-7-4-8(19-6-7)5-14-11(16)9-2-1-3-10(15-9)12(17)18/h1-4,6H,5H2,(H,14,16)(H,17,18). The zero-order valence-corrected chi connectivity index (χ0v) is 12.0. The summed E-state index contributed by atoms with van der Waals surface area (Å²) in [5, 5.41) is 13.4. The maximum absolute atomic E-state index is 11.8. The number of carboxylic acid groups (broad SMARTS) is 1.